The van der Waals surface area contributed by atoms with Crippen LogP contribution in [0, 0.1) is 25.7 Å². The van der Waals surface area contributed by atoms with Crippen molar-refractivity contribution in [3.63, 3.8) is 0 Å². The zero-order valence-electron chi connectivity index (χ0n) is 27.4. The first-order valence-electron chi connectivity index (χ1n) is 16.9. The van der Waals surface area contributed by atoms with Gasteiger partial charge in [-0.1, -0.05) is 60.7 Å². The third-order valence-electron chi connectivity index (χ3n) is 9.82. The van der Waals surface area contributed by atoms with E-state index in [1.807, 2.05) is 36.1 Å². The van der Waals surface area contributed by atoms with E-state index < -0.39 is 36.0 Å². The first-order chi connectivity index (χ1) is 22.4. The van der Waals surface area contributed by atoms with E-state index in [1.165, 1.54) is 11.3 Å². The Morgan fingerprint density at radius 3 is 2.32 bits per heavy atom. The van der Waals surface area contributed by atoms with Gasteiger partial charge in [0.15, 0.2) is 0 Å². The first-order valence-corrected chi connectivity index (χ1v) is 16.9. The third kappa shape index (κ3) is 8.47. The van der Waals surface area contributed by atoms with Crippen molar-refractivity contribution in [1.29, 1.82) is 0 Å². The molecule has 0 unspecified atom stereocenters. The summed E-state index contributed by atoms with van der Waals surface area (Å²) in [7, 11) is 0. The van der Waals surface area contributed by atoms with Crippen molar-refractivity contribution >= 4 is 17.9 Å². The number of fused-ring (bicyclic) bond motifs is 1. The van der Waals surface area contributed by atoms with Gasteiger partial charge in [-0.15, -0.1) is 0 Å². The predicted molar refractivity (Wildman–Crippen MR) is 172 cm³/mol. The number of halogens is 3. The Morgan fingerprint density at radius 1 is 0.915 bits per heavy atom. The monoisotopic (exact) mass is 656 g/mol. The van der Waals surface area contributed by atoms with Gasteiger partial charge in [0.2, 0.25) is 11.8 Å². The Bertz CT molecular complexity index is 1410. The Labute approximate surface area is 275 Å². The molecule has 2 saturated heterocycles. The average Bonchev–Trinajstić information content (AvgIpc) is 3.03. The number of amides is 3. The summed E-state index contributed by atoms with van der Waals surface area (Å²) in [6.45, 7) is 4.48. The normalized spacial score (nSPS) is 22.4. The molecule has 3 fully saturated rings. The highest BCUT2D eigenvalue weighted by Crippen LogP contribution is 2.35. The highest BCUT2D eigenvalue weighted by atomic mass is 19.4. The maximum absolute atomic E-state index is 14.3. The summed E-state index contributed by atoms with van der Waals surface area (Å²) in [5.41, 5.74) is 7.63. The van der Waals surface area contributed by atoms with E-state index in [2.05, 4.69) is 0 Å². The molecular formula is C36H47F3N4O4. The molecule has 0 aromatic heterocycles. The number of alkyl halides is 3. The van der Waals surface area contributed by atoms with Crippen LogP contribution < -0.4 is 5.73 Å². The minimum atomic E-state index is -4.53. The van der Waals surface area contributed by atoms with E-state index in [1.54, 1.807) is 17.9 Å². The lowest BCUT2D eigenvalue weighted by atomic mass is 9.87. The number of nitrogens with two attached hydrogens (primary N) is 1. The minimum Gasteiger partial charge on any atom is -0.444 e. The van der Waals surface area contributed by atoms with Crippen molar-refractivity contribution in [2.24, 2.45) is 17.6 Å². The van der Waals surface area contributed by atoms with Crippen molar-refractivity contribution in [2.75, 3.05) is 26.2 Å². The number of piperazine rings is 1. The maximum Gasteiger partial charge on any atom is 0.416 e. The molecule has 2 aliphatic heterocycles. The molecule has 2 aromatic rings. The molecular weight excluding hydrogens is 609 g/mol. The molecule has 3 amide bonds. The van der Waals surface area contributed by atoms with Crippen LogP contribution in [0.15, 0.2) is 42.5 Å². The van der Waals surface area contributed by atoms with Gasteiger partial charge in [0.25, 0.3) is 0 Å². The first kappa shape index (κ1) is 34.7. The van der Waals surface area contributed by atoms with Crippen LogP contribution in [0.4, 0.5) is 18.0 Å². The number of unbranched alkanes of at least 4 members (excludes halogenated alkanes) is 1. The Morgan fingerprint density at radius 2 is 1.64 bits per heavy atom. The van der Waals surface area contributed by atoms with Gasteiger partial charge in [-0.05, 0) is 88.1 Å². The SMILES string of the molecule is Cc1ccc(C[C@H]2CN(C(=O)OCc3cc(C)cc(C(F)(F)F)c3)[C@H]3CN(CC4CCCCC4)C(=O)[C@H](CCCCN)N3C2=O)cc1. The second kappa shape index (κ2) is 15.1. The average molecular weight is 657 g/mol. The number of ether oxygens (including phenoxy) is 1. The van der Waals surface area contributed by atoms with Crippen molar-refractivity contribution in [3.8, 4) is 0 Å². The molecule has 5 rings (SSSR count). The molecule has 0 spiro atoms. The van der Waals surface area contributed by atoms with Gasteiger partial charge >= 0.3 is 12.3 Å². The predicted octanol–water partition coefficient (Wildman–Crippen LogP) is 6.21. The van der Waals surface area contributed by atoms with Gasteiger partial charge in [0, 0.05) is 13.1 Å². The van der Waals surface area contributed by atoms with Crippen molar-refractivity contribution in [1.82, 2.24) is 14.7 Å². The van der Waals surface area contributed by atoms with E-state index in [0.29, 0.717) is 50.3 Å². The fourth-order valence-corrected chi connectivity index (χ4v) is 7.39. The number of nitrogens with zero attached hydrogens (tertiary/aromatic N) is 3. The van der Waals surface area contributed by atoms with Gasteiger partial charge in [-0.3, -0.25) is 14.5 Å². The smallest absolute Gasteiger partial charge is 0.416 e. The van der Waals surface area contributed by atoms with Crippen LogP contribution in [0.3, 0.4) is 0 Å². The quantitative estimate of drug-likeness (QED) is 0.307. The summed E-state index contributed by atoms with van der Waals surface area (Å²) in [6, 6.07) is 10.7. The number of rotatable bonds is 10. The molecule has 3 atom stereocenters. The number of hydrogen-bond donors (Lipinski definition) is 1. The number of aryl methyl sites for hydroxylation is 2. The molecule has 11 heteroatoms. The van der Waals surface area contributed by atoms with E-state index in [-0.39, 0.29) is 37.1 Å². The molecule has 8 nitrogen and oxygen atoms in total. The van der Waals surface area contributed by atoms with Gasteiger partial charge < -0.3 is 20.3 Å². The molecule has 256 valence electrons. The lowest BCUT2D eigenvalue weighted by Crippen LogP contribution is -2.73. The largest absolute Gasteiger partial charge is 0.444 e. The summed E-state index contributed by atoms with van der Waals surface area (Å²) in [5, 5.41) is 0. The molecule has 2 heterocycles. The molecule has 47 heavy (non-hydrogen) atoms. The van der Waals surface area contributed by atoms with Crippen LogP contribution in [0.2, 0.25) is 0 Å². The zero-order chi connectivity index (χ0) is 33.7. The van der Waals surface area contributed by atoms with E-state index in [9.17, 15) is 27.6 Å². The van der Waals surface area contributed by atoms with E-state index in [4.69, 9.17) is 10.5 Å². The summed E-state index contributed by atoms with van der Waals surface area (Å²) in [5.74, 6) is -0.522. The van der Waals surface area contributed by atoms with Crippen LogP contribution in [-0.4, -0.2) is 71.0 Å². The van der Waals surface area contributed by atoms with Gasteiger partial charge in [-0.2, -0.15) is 13.2 Å². The molecule has 2 N–H and O–H groups in total. The van der Waals surface area contributed by atoms with Gasteiger partial charge in [0.05, 0.1) is 18.0 Å². The number of carbonyl (C=O) groups is 3. The molecule has 0 bridgehead atoms. The van der Waals surface area contributed by atoms with Crippen molar-refractivity contribution in [2.45, 2.75) is 96.6 Å². The van der Waals surface area contributed by atoms with Crippen LogP contribution in [0.1, 0.15) is 79.2 Å². The summed E-state index contributed by atoms with van der Waals surface area (Å²) < 4.78 is 46.2. The van der Waals surface area contributed by atoms with Crippen LogP contribution >= 0.6 is 0 Å². The molecule has 2 aromatic carbocycles. The summed E-state index contributed by atoms with van der Waals surface area (Å²) in [4.78, 5) is 47.2. The van der Waals surface area contributed by atoms with E-state index in [0.717, 1.165) is 48.9 Å². The Balaban J connectivity index is 1.44. The second-order valence-corrected chi connectivity index (χ2v) is 13.6. The molecule has 1 aliphatic carbocycles. The number of benzene rings is 2. The second-order valence-electron chi connectivity index (χ2n) is 13.6. The van der Waals surface area contributed by atoms with Gasteiger partial charge in [0.1, 0.15) is 18.8 Å². The lowest BCUT2D eigenvalue weighted by Gasteiger charge is -2.54. The topological polar surface area (TPSA) is 96.2 Å². The standard InChI is InChI=1S/C36H47F3N4O4/c1-24-11-13-26(14-12-24)18-29-21-42(35(46)47-23-28-16-25(2)17-30(19-28)36(37,38)39)32-22-41(20-27-8-4-3-5-9-27)34(45)31(10-6-7-15-40)43(32)33(29)44/h11-14,16-17,19,27,29,31-32H,3-10,15,18,20-23,40H2,1-2H3/t29-,31-,32+/m0/s1. The minimum absolute atomic E-state index is 0.0787. The third-order valence-corrected chi connectivity index (χ3v) is 9.82. The van der Waals surface area contributed by atoms with Crippen molar-refractivity contribution in [3.05, 3.63) is 70.3 Å². The lowest BCUT2D eigenvalue weighted by molar-refractivity contribution is -0.174. The van der Waals surface area contributed by atoms with Gasteiger partial charge in [-0.25, -0.2) is 4.79 Å². The Kier molecular flexibility index (Phi) is 11.1. The van der Waals surface area contributed by atoms with Crippen LogP contribution in [0.25, 0.3) is 0 Å². The summed E-state index contributed by atoms with van der Waals surface area (Å²) in [6.07, 6.45) is 1.67. The molecule has 3 aliphatic rings. The highest BCUT2D eigenvalue weighted by Gasteiger charge is 2.52. The van der Waals surface area contributed by atoms with Crippen molar-refractivity contribution < 1.29 is 32.3 Å². The number of carbonyl (C=O) groups excluding carboxylic acids is 3. The van der Waals surface area contributed by atoms with Crippen LogP contribution in [-0.2, 0) is 33.5 Å². The number of hydrogen-bond acceptors (Lipinski definition) is 5. The molecule has 0 radical (unpaired) electrons. The zero-order valence-corrected chi connectivity index (χ0v) is 27.4. The fraction of sp³-hybridized carbons (Fsp3) is 0.583. The van der Waals surface area contributed by atoms with E-state index >= 15 is 0 Å². The fourth-order valence-electron chi connectivity index (χ4n) is 7.39. The Hall–Kier alpha value is -3.60. The molecule has 1 saturated carbocycles. The highest BCUT2D eigenvalue weighted by molar-refractivity contribution is 5.91. The van der Waals surface area contributed by atoms with Crippen LogP contribution in [0.5, 0.6) is 0 Å². The maximum atomic E-state index is 14.3. The summed E-state index contributed by atoms with van der Waals surface area (Å²) >= 11 is 0.